The standard InChI is InChI=1S/C9H16O4/c1-4-12-7(3)6-8(9(10)11)13-5-2/h6-7H,4-5H2,1-3H3,(H,10,11)/b8-6-. The van der Waals surface area contributed by atoms with Crippen LogP contribution in [0.1, 0.15) is 20.8 Å². The number of hydrogen-bond donors (Lipinski definition) is 1. The first-order valence-electron chi connectivity index (χ1n) is 4.31. The molecule has 0 amide bonds. The van der Waals surface area contributed by atoms with Gasteiger partial charge in [0, 0.05) is 6.61 Å². The van der Waals surface area contributed by atoms with Gasteiger partial charge in [-0.2, -0.15) is 0 Å². The Kier molecular flexibility index (Phi) is 5.97. The quantitative estimate of drug-likeness (QED) is 0.506. The third-order valence-electron chi connectivity index (χ3n) is 1.33. The first-order chi connectivity index (χ1) is 6.11. The summed E-state index contributed by atoms with van der Waals surface area (Å²) in [5.74, 6) is -1.11. The molecule has 76 valence electrons. The minimum atomic E-state index is -1.06. The number of aliphatic carboxylic acids is 1. The lowest BCUT2D eigenvalue weighted by Crippen LogP contribution is -2.11. The van der Waals surface area contributed by atoms with Gasteiger partial charge in [-0.05, 0) is 26.8 Å². The molecule has 0 rings (SSSR count). The number of ether oxygens (including phenoxy) is 2. The van der Waals surface area contributed by atoms with E-state index in [1.165, 1.54) is 6.08 Å². The van der Waals surface area contributed by atoms with Gasteiger partial charge in [0.15, 0.2) is 0 Å². The molecule has 0 aliphatic rings. The van der Waals surface area contributed by atoms with E-state index >= 15 is 0 Å². The number of carbonyl (C=O) groups is 1. The maximum absolute atomic E-state index is 10.6. The van der Waals surface area contributed by atoms with Crippen molar-refractivity contribution in [3.63, 3.8) is 0 Å². The number of carboxylic acid groups (broad SMARTS) is 1. The average molecular weight is 188 g/mol. The third-order valence-corrected chi connectivity index (χ3v) is 1.33. The minimum Gasteiger partial charge on any atom is -0.487 e. The Balaban J connectivity index is 4.24. The van der Waals surface area contributed by atoms with Gasteiger partial charge in [-0.15, -0.1) is 0 Å². The van der Waals surface area contributed by atoms with Crippen LogP contribution in [0.5, 0.6) is 0 Å². The lowest BCUT2D eigenvalue weighted by molar-refractivity contribution is -0.136. The first kappa shape index (κ1) is 12.0. The number of carboxylic acids is 1. The largest absolute Gasteiger partial charge is 0.487 e. The summed E-state index contributed by atoms with van der Waals surface area (Å²) in [6.45, 7) is 6.26. The Bertz CT molecular complexity index is 186. The van der Waals surface area contributed by atoms with E-state index in [0.717, 1.165) is 0 Å². The maximum Gasteiger partial charge on any atom is 0.370 e. The fourth-order valence-corrected chi connectivity index (χ4v) is 0.861. The van der Waals surface area contributed by atoms with Gasteiger partial charge in [0.05, 0.1) is 12.7 Å². The molecular formula is C9H16O4. The third kappa shape index (κ3) is 5.25. The zero-order chi connectivity index (χ0) is 10.3. The Morgan fingerprint density at radius 3 is 2.46 bits per heavy atom. The summed E-state index contributed by atoms with van der Waals surface area (Å²) >= 11 is 0. The molecule has 0 saturated carbocycles. The zero-order valence-corrected chi connectivity index (χ0v) is 8.24. The monoisotopic (exact) mass is 188 g/mol. The second kappa shape index (κ2) is 6.48. The molecule has 1 atom stereocenters. The molecule has 13 heavy (non-hydrogen) atoms. The molecule has 0 radical (unpaired) electrons. The van der Waals surface area contributed by atoms with E-state index in [-0.39, 0.29) is 11.9 Å². The first-order valence-corrected chi connectivity index (χ1v) is 4.31. The molecule has 1 unspecified atom stereocenters. The highest BCUT2D eigenvalue weighted by molar-refractivity contribution is 5.84. The molecular weight excluding hydrogens is 172 g/mol. The summed E-state index contributed by atoms with van der Waals surface area (Å²) < 4.78 is 10.1. The predicted molar refractivity (Wildman–Crippen MR) is 48.4 cm³/mol. The Hall–Kier alpha value is -1.03. The maximum atomic E-state index is 10.6. The molecule has 4 heteroatoms. The van der Waals surface area contributed by atoms with Crippen molar-refractivity contribution in [2.45, 2.75) is 26.9 Å². The molecule has 1 N–H and O–H groups in total. The lowest BCUT2D eigenvalue weighted by Gasteiger charge is -2.08. The van der Waals surface area contributed by atoms with Crippen LogP contribution in [-0.4, -0.2) is 30.4 Å². The molecule has 0 aliphatic carbocycles. The highest BCUT2D eigenvalue weighted by atomic mass is 16.5. The van der Waals surface area contributed by atoms with Crippen LogP contribution in [0.2, 0.25) is 0 Å². The molecule has 0 aromatic heterocycles. The highest BCUT2D eigenvalue weighted by Gasteiger charge is 2.09. The van der Waals surface area contributed by atoms with Crippen LogP contribution in [0.25, 0.3) is 0 Å². The van der Waals surface area contributed by atoms with Crippen LogP contribution in [0.3, 0.4) is 0 Å². The molecule has 0 fully saturated rings. The summed E-state index contributed by atoms with van der Waals surface area (Å²) in [5, 5.41) is 8.67. The van der Waals surface area contributed by atoms with Gasteiger partial charge in [0.25, 0.3) is 0 Å². The molecule has 0 saturated heterocycles. The smallest absolute Gasteiger partial charge is 0.370 e. The van der Waals surface area contributed by atoms with Crippen molar-refractivity contribution in [1.29, 1.82) is 0 Å². The van der Waals surface area contributed by atoms with Gasteiger partial charge in [-0.3, -0.25) is 0 Å². The van der Waals surface area contributed by atoms with Crippen molar-refractivity contribution in [2.24, 2.45) is 0 Å². The van der Waals surface area contributed by atoms with E-state index in [2.05, 4.69) is 0 Å². The number of hydrogen-bond acceptors (Lipinski definition) is 3. The average Bonchev–Trinajstić information content (AvgIpc) is 2.04. The lowest BCUT2D eigenvalue weighted by atomic mass is 10.3. The summed E-state index contributed by atoms with van der Waals surface area (Å²) in [5.41, 5.74) is 0. The Labute approximate surface area is 78.2 Å². The van der Waals surface area contributed by atoms with E-state index in [1.54, 1.807) is 13.8 Å². The fraction of sp³-hybridized carbons (Fsp3) is 0.667. The van der Waals surface area contributed by atoms with E-state index in [4.69, 9.17) is 14.6 Å². The van der Waals surface area contributed by atoms with Crippen LogP contribution in [-0.2, 0) is 14.3 Å². The fourth-order valence-electron chi connectivity index (χ4n) is 0.861. The van der Waals surface area contributed by atoms with Crippen molar-refractivity contribution >= 4 is 5.97 Å². The second-order valence-electron chi connectivity index (χ2n) is 2.43. The van der Waals surface area contributed by atoms with Gasteiger partial charge in [-0.25, -0.2) is 4.79 Å². The van der Waals surface area contributed by atoms with E-state index < -0.39 is 5.97 Å². The van der Waals surface area contributed by atoms with Gasteiger partial charge in [0.2, 0.25) is 5.76 Å². The minimum absolute atomic E-state index is 0.0524. The van der Waals surface area contributed by atoms with Crippen molar-refractivity contribution < 1.29 is 19.4 Å². The van der Waals surface area contributed by atoms with Crippen molar-refractivity contribution in [3.8, 4) is 0 Å². The Morgan fingerprint density at radius 1 is 1.46 bits per heavy atom. The molecule has 0 aromatic carbocycles. The molecule has 0 spiro atoms. The molecule has 0 heterocycles. The zero-order valence-electron chi connectivity index (χ0n) is 8.24. The molecule has 0 aromatic rings. The van der Waals surface area contributed by atoms with Gasteiger partial charge in [0.1, 0.15) is 0 Å². The van der Waals surface area contributed by atoms with Gasteiger partial charge >= 0.3 is 5.97 Å². The van der Waals surface area contributed by atoms with E-state index in [9.17, 15) is 4.79 Å². The predicted octanol–water partition coefficient (Wildman–Crippen LogP) is 1.42. The molecule has 0 aliphatic heterocycles. The van der Waals surface area contributed by atoms with Crippen LogP contribution >= 0.6 is 0 Å². The van der Waals surface area contributed by atoms with Crippen molar-refractivity contribution in [1.82, 2.24) is 0 Å². The summed E-state index contributed by atoms with van der Waals surface area (Å²) in [7, 11) is 0. The summed E-state index contributed by atoms with van der Waals surface area (Å²) in [4.78, 5) is 10.6. The van der Waals surface area contributed by atoms with Crippen molar-refractivity contribution in [3.05, 3.63) is 11.8 Å². The van der Waals surface area contributed by atoms with Gasteiger partial charge < -0.3 is 14.6 Å². The van der Waals surface area contributed by atoms with E-state index in [0.29, 0.717) is 13.2 Å². The molecule has 4 nitrogen and oxygen atoms in total. The van der Waals surface area contributed by atoms with Gasteiger partial charge in [-0.1, -0.05) is 0 Å². The Morgan fingerprint density at radius 2 is 2.08 bits per heavy atom. The summed E-state index contributed by atoms with van der Waals surface area (Å²) in [6.07, 6.45) is 1.22. The number of rotatable bonds is 6. The topological polar surface area (TPSA) is 55.8 Å². The SMILES string of the molecule is CCO/C(=C\C(C)OCC)C(=O)O. The molecule has 0 bridgehead atoms. The van der Waals surface area contributed by atoms with E-state index in [1.807, 2.05) is 6.92 Å². The van der Waals surface area contributed by atoms with Crippen LogP contribution < -0.4 is 0 Å². The normalized spacial score (nSPS) is 13.9. The van der Waals surface area contributed by atoms with Crippen molar-refractivity contribution in [2.75, 3.05) is 13.2 Å². The van der Waals surface area contributed by atoms with Crippen LogP contribution in [0.15, 0.2) is 11.8 Å². The second-order valence-corrected chi connectivity index (χ2v) is 2.43. The summed E-state index contributed by atoms with van der Waals surface area (Å²) in [6, 6.07) is 0. The van der Waals surface area contributed by atoms with Crippen LogP contribution in [0, 0.1) is 0 Å². The van der Waals surface area contributed by atoms with Crippen LogP contribution in [0.4, 0.5) is 0 Å². The highest BCUT2D eigenvalue weighted by Crippen LogP contribution is 2.02.